The quantitative estimate of drug-likeness (QED) is 0.744. The van der Waals surface area contributed by atoms with Gasteiger partial charge in [0, 0.05) is 25.8 Å². The summed E-state index contributed by atoms with van der Waals surface area (Å²) in [5, 5.41) is 3.14. The molecule has 2 rings (SSSR count). The lowest BCUT2D eigenvalue weighted by Gasteiger charge is -2.23. The highest BCUT2D eigenvalue weighted by Crippen LogP contribution is 2.28. The third-order valence-electron chi connectivity index (χ3n) is 3.60. The molecule has 1 heterocycles. The lowest BCUT2D eigenvalue weighted by Crippen LogP contribution is -2.38. The lowest BCUT2D eigenvalue weighted by molar-refractivity contribution is 0.0832. The monoisotopic (exact) mass is 340 g/mol. The Balaban J connectivity index is 2.19. The van der Waals surface area contributed by atoms with Gasteiger partial charge >= 0.3 is 0 Å². The Morgan fingerprint density at radius 3 is 2.70 bits per heavy atom. The number of ether oxygens (including phenoxy) is 2. The molecule has 1 aliphatic rings. The van der Waals surface area contributed by atoms with Crippen molar-refractivity contribution in [2.24, 2.45) is 0 Å². The Kier molecular flexibility index (Phi) is 6.04. The van der Waals surface area contributed by atoms with Gasteiger partial charge in [0.2, 0.25) is 10.0 Å². The highest BCUT2D eigenvalue weighted by molar-refractivity contribution is 7.89. The first-order valence-electron chi connectivity index (χ1n) is 7.59. The number of benzene rings is 1. The number of methoxy groups -OCH3 is 1. The lowest BCUT2D eigenvalue weighted by atomic mass is 10.1. The predicted molar refractivity (Wildman–Crippen MR) is 90.5 cm³/mol. The third kappa shape index (κ3) is 4.95. The molecule has 2 N–H and O–H groups in total. The van der Waals surface area contributed by atoms with Gasteiger partial charge in [-0.1, -0.05) is 12.2 Å². The summed E-state index contributed by atoms with van der Waals surface area (Å²) in [6.45, 7) is 7.44. The number of hydrogen-bond acceptors (Lipinski definition) is 5. The van der Waals surface area contributed by atoms with Gasteiger partial charge in [0.15, 0.2) is 0 Å². The van der Waals surface area contributed by atoms with E-state index in [4.69, 9.17) is 9.47 Å². The largest absolute Gasteiger partial charge is 0.495 e. The van der Waals surface area contributed by atoms with Crippen molar-refractivity contribution >= 4 is 15.7 Å². The van der Waals surface area contributed by atoms with Crippen LogP contribution < -0.4 is 14.8 Å². The molecule has 0 amide bonds. The fourth-order valence-electron chi connectivity index (χ4n) is 2.34. The Morgan fingerprint density at radius 1 is 1.39 bits per heavy atom. The van der Waals surface area contributed by atoms with Crippen molar-refractivity contribution in [2.75, 3.05) is 32.2 Å². The minimum Gasteiger partial charge on any atom is -0.495 e. The number of anilines is 1. The second-order valence-electron chi connectivity index (χ2n) is 5.68. The van der Waals surface area contributed by atoms with E-state index >= 15 is 0 Å². The van der Waals surface area contributed by atoms with Crippen molar-refractivity contribution in [1.82, 2.24) is 4.72 Å². The Hall–Kier alpha value is -1.57. The smallest absolute Gasteiger partial charge is 0.240 e. The molecule has 6 nitrogen and oxygen atoms in total. The molecular formula is C16H24N2O4S. The summed E-state index contributed by atoms with van der Waals surface area (Å²) < 4.78 is 38.4. The minimum absolute atomic E-state index is 0.0809. The van der Waals surface area contributed by atoms with Crippen LogP contribution in [-0.4, -0.2) is 41.3 Å². The number of nitrogens with one attached hydrogen (secondary N) is 2. The molecular weight excluding hydrogens is 316 g/mol. The van der Waals surface area contributed by atoms with Gasteiger partial charge in [-0.05, 0) is 38.0 Å². The van der Waals surface area contributed by atoms with Gasteiger partial charge in [-0.25, -0.2) is 13.1 Å². The van der Waals surface area contributed by atoms with E-state index in [2.05, 4.69) is 16.6 Å². The van der Waals surface area contributed by atoms with Crippen molar-refractivity contribution in [2.45, 2.75) is 30.7 Å². The summed E-state index contributed by atoms with van der Waals surface area (Å²) in [7, 11) is -2.02. The molecule has 128 valence electrons. The Labute approximate surface area is 137 Å². The van der Waals surface area contributed by atoms with Crippen LogP contribution in [0.2, 0.25) is 0 Å². The van der Waals surface area contributed by atoms with Crippen LogP contribution in [0.25, 0.3) is 0 Å². The molecule has 0 spiro atoms. The molecule has 0 aliphatic carbocycles. The zero-order valence-corrected chi connectivity index (χ0v) is 14.4. The van der Waals surface area contributed by atoms with Crippen LogP contribution >= 0.6 is 0 Å². The van der Waals surface area contributed by atoms with Crippen molar-refractivity contribution in [3.05, 3.63) is 30.4 Å². The first-order chi connectivity index (χ1) is 10.9. The van der Waals surface area contributed by atoms with Crippen molar-refractivity contribution < 1.29 is 17.9 Å². The van der Waals surface area contributed by atoms with Gasteiger partial charge < -0.3 is 14.8 Å². The van der Waals surface area contributed by atoms with Crippen molar-refractivity contribution in [1.29, 1.82) is 0 Å². The molecule has 0 aromatic heterocycles. The summed E-state index contributed by atoms with van der Waals surface area (Å²) in [5.74, 6) is 0.594. The molecule has 0 bridgehead atoms. The topological polar surface area (TPSA) is 76.7 Å². The Bertz CT molecular complexity index is 652. The van der Waals surface area contributed by atoms with Gasteiger partial charge in [-0.3, -0.25) is 0 Å². The van der Waals surface area contributed by atoms with Crippen LogP contribution in [0.15, 0.2) is 35.2 Å². The summed E-state index contributed by atoms with van der Waals surface area (Å²) in [6, 6.07) is 4.71. The first-order valence-corrected chi connectivity index (χ1v) is 9.07. The van der Waals surface area contributed by atoms with Gasteiger partial charge in [0.05, 0.1) is 17.7 Å². The normalized spacial score (nSPS) is 16.1. The molecule has 1 aromatic rings. The fourth-order valence-corrected chi connectivity index (χ4v) is 3.67. The maximum atomic E-state index is 12.6. The van der Waals surface area contributed by atoms with Crippen LogP contribution in [0, 0.1) is 0 Å². The van der Waals surface area contributed by atoms with E-state index in [0.717, 1.165) is 5.57 Å². The van der Waals surface area contributed by atoms with E-state index < -0.39 is 10.0 Å². The molecule has 0 atom stereocenters. The zero-order chi connectivity index (χ0) is 16.9. The summed E-state index contributed by atoms with van der Waals surface area (Å²) in [4.78, 5) is 0.217. The van der Waals surface area contributed by atoms with Gasteiger partial charge in [0.25, 0.3) is 0 Å². The molecule has 7 heteroatoms. The third-order valence-corrected chi connectivity index (χ3v) is 5.12. The number of hydrogen-bond donors (Lipinski definition) is 2. The average molecular weight is 340 g/mol. The van der Waals surface area contributed by atoms with Crippen LogP contribution in [0.4, 0.5) is 5.69 Å². The SMILES string of the molecule is C=C(C)CNc1cc(S(=O)(=O)NC2CCOCC2)ccc1OC. The predicted octanol–water partition coefficient (Wildman–Crippen LogP) is 2.14. The van der Waals surface area contributed by atoms with Crippen molar-refractivity contribution in [3.8, 4) is 5.75 Å². The van der Waals surface area contributed by atoms with Crippen LogP contribution in [-0.2, 0) is 14.8 Å². The average Bonchev–Trinajstić information content (AvgIpc) is 2.53. The van der Waals surface area contributed by atoms with E-state index in [0.29, 0.717) is 44.0 Å². The van der Waals surface area contributed by atoms with Gasteiger partial charge in [0.1, 0.15) is 5.75 Å². The second kappa shape index (κ2) is 7.81. The highest BCUT2D eigenvalue weighted by Gasteiger charge is 2.23. The van der Waals surface area contributed by atoms with Gasteiger partial charge in [-0.15, -0.1) is 0 Å². The summed E-state index contributed by atoms with van der Waals surface area (Å²) in [6.07, 6.45) is 1.38. The zero-order valence-electron chi connectivity index (χ0n) is 13.6. The van der Waals surface area contributed by atoms with Crippen LogP contribution in [0.3, 0.4) is 0 Å². The van der Waals surface area contributed by atoms with Crippen LogP contribution in [0.1, 0.15) is 19.8 Å². The Morgan fingerprint density at radius 2 is 2.09 bits per heavy atom. The number of rotatable bonds is 7. The molecule has 1 saturated heterocycles. The maximum Gasteiger partial charge on any atom is 0.240 e. The minimum atomic E-state index is -3.57. The molecule has 1 aliphatic heterocycles. The van der Waals surface area contributed by atoms with E-state index in [1.807, 2.05) is 6.92 Å². The van der Waals surface area contributed by atoms with E-state index in [-0.39, 0.29) is 10.9 Å². The van der Waals surface area contributed by atoms with Gasteiger partial charge in [-0.2, -0.15) is 0 Å². The maximum absolute atomic E-state index is 12.6. The summed E-state index contributed by atoms with van der Waals surface area (Å²) >= 11 is 0. The standard InChI is InChI=1S/C16H24N2O4S/c1-12(2)11-17-15-10-14(4-5-16(15)21-3)23(19,20)18-13-6-8-22-9-7-13/h4-5,10,13,17-18H,1,6-9,11H2,2-3H3. The molecule has 0 unspecified atom stereocenters. The molecule has 0 radical (unpaired) electrons. The van der Waals surface area contributed by atoms with Crippen LogP contribution in [0.5, 0.6) is 5.75 Å². The second-order valence-corrected chi connectivity index (χ2v) is 7.39. The number of sulfonamides is 1. The fraction of sp³-hybridized carbons (Fsp3) is 0.500. The molecule has 1 aromatic carbocycles. The van der Waals surface area contributed by atoms with E-state index in [9.17, 15) is 8.42 Å². The molecule has 0 saturated carbocycles. The molecule has 1 fully saturated rings. The summed E-state index contributed by atoms with van der Waals surface area (Å²) in [5.41, 5.74) is 1.57. The van der Waals surface area contributed by atoms with E-state index in [1.54, 1.807) is 25.3 Å². The highest BCUT2D eigenvalue weighted by atomic mass is 32.2. The molecule has 23 heavy (non-hydrogen) atoms. The first kappa shape index (κ1) is 17.8. The van der Waals surface area contributed by atoms with E-state index in [1.165, 1.54) is 0 Å². The van der Waals surface area contributed by atoms with Crippen molar-refractivity contribution in [3.63, 3.8) is 0 Å².